The fraction of sp³-hybridized carbons (Fsp3) is 0.118. The standard InChI is InChI=1S/C34H31N3O6S/c1-21(2)23-10-8-22(9-11-23)18-29(37-32(40)24-6-4-3-5-7-24)33(41)36-25-12-15-27(16-13-25)44-20-31(39)35-26-14-17-30(38)28(19-26)34(42)43/h3-19,21,38H,20H2,1-2H3,(H,35,39)(H,36,41)(H,37,40)(H,42,43)/b29-18-. The summed E-state index contributed by atoms with van der Waals surface area (Å²) in [7, 11) is 0. The Balaban J connectivity index is 1.41. The number of hydrogen-bond donors (Lipinski definition) is 5. The second-order valence-electron chi connectivity index (χ2n) is 10.1. The van der Waals surface area contributed by atoms with Crippen LogP contribution >= 0.6 is 11.8 Å². The quantitative estimate of drug-likeness (QED) is 0.0757. The molecule has 0 atom stereocenters. The van der Waals surface area contributed by atoms with Gasteiger partial charge in [0.05, 0.1) is 5.75 Å². The summed E-state index contributed by atoms with van der Waals surface area (Å²) in [6.07, 6.45) is 1.62. The average Bonchev–Trinajstić information content (AvgIpc) is 3.01. The molecule has 9 nitrogen and oxygen atoms in total. The lowest BCUT2D eigenvalue weighted by atomic mass is 10.0. The first-order chi connectivity index (χ1) is 21.1. The van der Waals surface area contributed by atoms with Crippen molar-refractivity contribution in [3.05, 3.63) is 125 Å². The van der Waals surface area contributed by atoms with Crippen LogP contribution in [0.4, 0.5) is 11.4 Å². The minimum absolute atomic E-state index is 0.0446. The maximum atomic E-state index is 13.3. The van der Waals surface area contributed by atoms with Crippen molar-refractivity contribution in [3.63, 3.8) is 0 Å². The molecule has 0 spiro atoms. The van der Waals surface area contributed by atoms with Crippen LogP contribution in [0.25, 0.3) is 6.08 Å². The number of aromatic carboxylic acids is 1. The number of amides is 3. The van der Waals surface area contributed by atoms with E-state index in [4.69, 9.17) is 5.11 Å². The molecule has 4 aromatic rings. The number of anilines is 2. The van der Waals surface area contributed by atoms with Gasteiger partial charge in [-0.3, -0.25) is 14.4 Å². The highest BCUT2D eigenvalue weighted by molar-refractivity contribution is 8.00. The van der Waals surface area contributed by atoms with Gasteiger partial charge >= 0.3 is 5.97 Å². The Morgan fingerprint density at radius 2 is 1.48 bits per heavy atom. The molecule has 0 saturated carbocycles. The summed E-state index contributed by atoms with van der Waals surface area (Å²) >= 11 is 1.25. The van der Waals surface area contributed by atoms with Gasteiger partial charge in [0.1, 0.15) is 17.0 Å². The first-order valence-corrected chi connectivity index (χ1v) is 14.7. The molecule has 4 aromatic carbocycles. The van der Waals surface area contributed by atoms with Crippen molar-refractivity contribution in [2.45, 2.75) is 24.7 Å². The van der Waals surface area contributed by atoms with Gasteiger partial charge in [-0.2, -0.15) is 0 Å². The zero-order valence-corrected chi connectivity index (χ0v) is 24.9. The van der Waals surface area contributed by atoms with E-state index in [1.54, 1.807) is 60.7 Å². The highest BCUT2D eigenvalue weighted by Crippen LogP contribution is 2.24. The number of phenols is 1. The van der Waals surface area contributed by atoms with Gasteiger partial charge in [0, 0.05) is 21.8 Å². The molecule has 0 bridgehead atoms. The number of benzene rings is 4. The van der Waals surface area contributed by atoms with Gasteiger partial charge < -0.3 is 26.2 Å². The number of carbonyl (C=O) groups is 4. The van der Waals surface area contributed by atoms with Crippen molar-refractivity contribution in [2.24, 2.45) is 0 Å². The predicted molar refractivity (Wildman–Crippen MR) is 172 cm³/mol. The van der Waals surface area contributed by atoms with E-state index in [0.717, 1.165) is 16.0 Å². The number of aromatic hydroxyl groups is 1. The Labute approximate surface area is 259 Å². The molecule has 0 saturated heterocycles. The van der Waals surface area contributed by atoms with Crippen LogP contribution in [0.5, 0.6) is 5.75 Å². The number of carbonyl (C=O) groups excluding carboxylic acids is 3. The van der Waals surface area contributed by atoms with Crippen LogP contribution in [-0.2, 0) is 9.59 Å². The molecule has 4 rings (SSSR count). The predicted octanol–water partition coefficient (Wildman–Crippen LogP) is 6.35. The van der Waals surface area contributed by atoms with Crippen LogP contribution in [0.2, 0.25) is 0 Å². The molecule has 0 aromatic heterocycles. The van der Waals surface area contributed by atoms with Gasteiger partial charge in [-0.1, -0.05) is 56.3 Å². The maximum Gasteiger partial charge on any atom is 0.339 e. The lowest BCUT2D eigenvalue weighted by Gasteiger charge is -2.12. The molecule has 0 radical (unpaired) electrons. The maximum absolute atomic E-state index is 13.3. The fourth-order valence-corrected chi connectivity index (χ4v) is 4.75. The summed E-state index contributed by atoms with van der Waals surface area (Å²) in [4.78, 5) is 50.6. The normalized spacial score (nSPS) is 11.1. The molecule has 224 valence electrons. The van der Waals surface area contributed by atoms with E-state index in [1.807, 2.05) is 24.3 Å². The van der Waals surface area contributed by atoms with Crippen molar-refractivity contribution < 1.29 is 29.4 Å². The molecular formula is C34H31N3O6S. The van der Waals surface area contributed by atoms with E-state index in [1.165, 1.54) is 30.0 Å². The zero-order chi connectivity index (χ0) is 31.6. The summed E-state index contributed by atoms with van der Waals surface area (Å²) in [5.74, 6) is -2.57. The third kappa shape index (κ3) is 8.83. The van der Waals surface area contributed by atoms with Crippen LogP contribution in [-0.4, -0.2) is 39.7 Å². The molecule has 0 fully saturated rings. The smallest absolute Gasteiger partial charge is 0.339 e. The number of carboxylic acids is 1. The van der Waals surface area contributed by atoms with Gasteiger partial charge in [0.25, 0.3) is 11.8 Å². The third-order valence-electron chi connectivity index (χ3n) is 6.44. The molecule has 0 aliphatic rings. The average molecular weight is 610 g/mol. The molecule has 0 heterocycles. The van der Waals surface area contributed by atoms with E-state index in [0.29, 0.717) is 17.2 Å². The molecule has 5 N–H and O–H groups in total. The van der Waals surface area contributed by atoms with Crippen molar-refractivity contribution in [1.29, 1.82) is 0 Å². The lowest BCUT2D eigenvalue weighted by Crippen LogP contribution is -2.30. The molecule has 3 amide bonds. The van der Waals surface area contributed by atoms with Crippen LogP contribution in [0.15, 0.2) is 108 Å². The number of hydrogen-bond acceptors (Lipinski definition) is 6. The second-order valence-corrected chi connectivity index (χ2v) is 11.1. The second kappa shape index (κ2) is 14.7. The van der Waals surface area contributed by atoms with E-state index in [9.17, 15) is 24.3 Å². The summed E-state index contributed by atoms with van der Waals surface area (Å²) in [6.45, 7) is 4.19. The highest BCUT2D eigenvalue weighted by atomic mass is 32.2. The Morgan fingerprint density at radius 3 is 2.11 bits per heavy atom. The fourth-order valence-electron chi connectivity index (χ4n) is 4.05. The number of thioether (sulfide) groups is 1. The van der Waals surface area contributed by atoms with Crippen LogP contribution < -0.4 is 16.0 Å². The van der Waals surface area contributed by atoms with Crippen molar-refractivity contribution >= 4 is 52.9 Å². The third-order valence-corrected chi connectivity index (χ3v) is 7.45. The minimum atomic E-state index is -1.30. The Hall–Kier alpha value is -5.35. The molecule has 10 heteroatoms. The topological polar surface area (TPSA) is 145 Å². The molecule has 0 unspecified atom stereocenters. The van der Waals surface area contributed by atoms with Crippen LogP contribution in [0.3, 0.4) is 0 Å². The zero-order valence-electron chi connectivity index (χ0n) is 24.0. The van der Waals surface area contributed by atoms with E-state index in [-0.39, 0.29) is 28.6 Å². The van der Waals surface area contributed by atoms with Crippen molar-refractivity contribution in [3.8, 4) is 5.75 Å². The van der Waals surface area contributed by atoms with Crippen molar-refractivity contribution in [1.82, 2.24) is 5.32 Å². The first-order valence-electron chi connectivity index (χ1n) is 13.7. The van der Waals surface area contributed by atoms with Crippen molar-refractivity contribution in [2.75, 3.05) is 16.4 Å². The lowest BCUT2D eigenvalue weighted by molar-refractivity contribution is -0.114. The van der Waals surface area contributed by atoms with Gasteiger partial charge in [0.2, 0.25) is 5.91 Å². The summed E-state index contributed by atoms with van der Waals surface area (Å²) < 4.78 is 0. The summed E-state index contributed by atoms with van der Waals surface area (Å²) in [6, 6.07) is 27.0. The minimum Gasteiger partial charge on any atom is -0.507 e. The van der Waals surface area contributed by atoms with Gasteiger partial charge in [0.15, 0.2) is 0 Å². The summed E-state index contributed by atoms with van der Waals surface area (Å²) in [5, 5.41) is 26.9. The molecule has 44 heavy (non-hydrogen) atoms. The number of nitrogens with one attached hydrogen (secondary N) is 3. The number of carboxylic acid groups (broad SMARTS) is 1. The van der Waals surface area contributed by atoms with E-state index in [2.05, 4.69) is 29.8 Å². The first kappa shape index (κ1) is 31.6. The molecule has 0 aliphatic carbocycles. The summed E-state index contributed by atoms with van der Waals surface area (Å²) in [5.41, 5.74) is 2.84. The van der Waals surface area contributed by atoms with Gasteiger partial charge in [-0.15, -0.1) is 11.8 Å². The van der Waals surface area contributed by atoms with Gasteiger partial charge in [-0.25, -0.2) is 4.79 Å². The Bertz CT molecular complexity index is 1680. The monoisotopic (exact) mass is 609 g/mol. The molecular weight excluding hydrogens is 578 g/mol. The Kier molecular flexibility index (Phi) is 10.6. The highest BCUT2D eigenvalue weighted by Gasteiger charge is 2.16. The molecule has 0 aliphatic heterocycles. The number of rotatable bonds is 11. The van der Waals surface area contributed by atoms with E-state index >= 15 is 0 Å². The Morgan fingerprint density at radius 1 is 0.818 bits per heavy atom. The SMILES string of the molecule is CC(C)c1ccc(/C=C(\NC(=O)c2ccccc2)C(=O)Nc2ccc(SCC(=O)Nc3ccc(O)c(C(=O)O)c3)cc2)cc1. The van der Waals surface area contributed by atoms with Crippen LogP contribution in [0, 0.1) is 0 Å². The van der Waals surface area contributed by atoms with E-state index < -0.39 is 23.5 Å². The van der Waals surface area contributed by atoms with Crippen LogP contribution in [0.1, 0.15) is 51.6 Å². The van der Waals surface area contributed by atoms with Gasteiger partial charge in [-0.05, 0) is 77.7 Å². The largest absolute Gasteiger partial charge is 0.507 e.